The smallest absolute Gasteiger partial charge is 0.337 e. The van der Waals surface area contributed by atoms with Gasteiger partial charge in [0.2, 0.25) is 5.88 Å². The van der Waals surface area contributed by atoms with Crippen LogP contribution in [0.1, 0.15) is 17.3 Å². The molecule has 0 fully saturated rings. The lowest BCUT2D eigenvalue weighted by Gasteiger charge is -2.09. The number of nitrogens with zero attached hydrogens (tertiary/aromatic N) is 1. The van der Waals surface area contributed by atoms with Gasteiger partial charge in [-0.2, -0.15) is 0 Å². The SMILES string of the molecule is CCOc1ccc(Nc2ccccc2C(=O)O)cn1. The fraction of sp³-hybridized carbons (Fsp3) is 0.143. The van der Waals surface area contributed by atoms with Crippen molar-refractivity contribution in [2.75, 3.05) is 11.9 Å². The quantitative estimate of drug-likeness (QED) is 0.862. The van der Waals surface area contributed by atoms with Crippen molar-refractivity contribution in [2.24, 2.45) is 0 Å². The van der Waals surface area contributed by atoms with Crippen LogP contribution in [0.4, 0.5) is 11.4 Å². The molecule has 5 nitrogen and oxygen atoms in total. The number of para-hydroxylation sites is 1. The van der Waals surface area contributed by atoms with Crippen LogP contribution >= 0.6 is 0 Å². The number of pyridine rings is 1. The number of rotatable bonds is 5. The standard InChI is InChI=1S/C14H14N2O3/c1-2-19-13-8-7-10(9-15-13)16-12-6-4-3-5-11(12)14(17)18/h3-9,16H,2H2,1H3,(H,17,18). The normalized spacial score (nSPS) is 9.95. The third kappa shape index (κ3) is 3.22. The molecule has 19 heavy (non-hydrogen) atoms. The Labute approximate surface area is 110 Å². The summed E-state index contributed by atoms with van der Waals surface area (Å²) in [5.74, 6) is -0.429. The summed E-state index contributed by atoms with van der Waals surface area (Å²) in [6.45, 7) is 2.44. The molecule has 0 radical (unpaired) electrons. The zero-order valence-electron chi connectivity index (χ0n) is 10.5. The molecule has 2 aromatic rings. The molecule has 0 atom stereocenters. The first-order valence-corrected chi connectivity index (χ1v) is 5.89. The van der Waals surface area contributed by atoms with Crippen molar-refractivity contribution >= 4 is 17.3 Å². The van der Waals surface area contributed by atoms with E-state index >= 15 is 0 Å². The van der Waals surface area contributed by atoms with Gasteiger partial charge in [0.05, 0.1) is 29.7 Å². The second-order valence-corrected chi connectivity index (χ2v) is 3.79. The van der Waals surface area contributed by atoms with Crippen LogP contribution in [0.15, 0.2) is 42.6 Å². The van der Waals surface area contributed by atoms with Crippen LogP contribution in [-0.2, 0) is 0 Å². The third-order valence-electron chi connectivity index (χ3n) is 2.47. The lowest BCUT2D eigenvalue weighted by Crippen LogP contribution is -2.02. The van der Waals surface area contributed by atoms with Gasteiger partial charge in [0.1, 0.15) is 0 Å². The Morgan fingerprint density at radius 2 is 2.11 bits per heavy atom. The molecule has 1 aromatic heterocycles. The van der Waals surface area contributed by atoms with E-state index in [1.807, 2.05) is 6.92 Å². The van der Waals surface area contributed by atoms with Gasteiger partial charge in [-0.15, -0.1) is 0 Å². The predicted octanol–water partition coefficient (Wildman–Crippen LogP) is 2.92. The maximum absolute atomic E-state index is 11.1. The minimum atomic E-state index is -0.970. The number of ether oxygens (including phenoxy) is 1. The van der Waals surface area contributed by atoms with Crippen LogP contribution in [0.25, 0.3) is 0 Å². The largest absolute Gasteiger partial charge is 0.478 e. The Morgan fingerprint density at radius 3 is 2.74 bits per heavy atom. The van der Waals surface area contributed by atoms with Gasteiger partial charge in [0.25, 0.3) is 0 Å². The first-order chi connectivity index (χ1) is 9.20. The number of anilines is 2. The zero-order valence-corrected chi connectivity index (χ0v) is 10.5. The van der Waals surface area contributed by atoms with E-state index in [1.54, 1.807) is 42.6 Å². The Balaban J connectivity index is 2.19. The van der Waals surface area contributed by atoms with Crippen molar-refractivity contribution in [3.63, 3.8) is 0 Å². The van der Waals surface area contributed by atoms with Gasteiger partial charge in [0, 0.05) is 6.07 Å². The molecule has 2 rings (SSSR count). The first kappa shape index (κ1) is 12.9. The van der Waals surface area contributed by atoms with Crippen LogP contribution in [0, 0.1) is 0 Å². The molecule has 0 amide bonds. The van der Waals surface area contributed by atoms with Gasteiger partial charge in [-0.3, -0.25) is 0 Å². The molecule has 0 aliphatic heterocycles. The summed E-state index contributed by atoms with van der Waals surface area (Å²) >= 11 is 0. The van der Waals surface area contributed by atoms with Gasteiger partial charge < -0.3 is 15.2 Å². The van der Waals surface area contributed by atoms with Crippen LogP contribution < -0.4 is 10.1 Å². The minimum absolute atomic E-state index is 0.219. The molecule has 1 aromatic carbocycles. The predicted molar refractivity (Wildman–Crippen MR) is 72.1 cm³/mol. The van der Waals surface area contributed by atoms with Crippen molar-refractivity contribution in [1.82, 2.24) is 4.98 Å². The van der Waals surface area contributed by atoms with Gasteiger partial charge >= 0.3 is 5.97 Å². The van der Waals surface area contributed by atoms with Crippen molar-refractivity contribution < 1.29 is 14.6 Å². The first-order valence-electron chi connectivity index (χ1n) is 5.89. The molecule has 0 aliphatic carbocycles. The molecule has 0 saturated heterocycles. The highest BCUT2D eigenvalue weighted by Gasteiger charge is 2.08. The lowest BCUT2D eigenvalue weighted by atomic mass is 10.2. The highest BCUT2D eigenvalue weighted by atomic mass is 16.5. The maximum Gasteiger partial charge on any atom is 0.337 e. The third-order valence-corrected chi connectivity index (χ3v) is 2.47. The Morgan fingerprint density at radius 1 is 1.32 bits per heavy atom. The molecule has 1 heterocycles. The Kier molecular flexibility index (Phi) is 3.97. The number of hydrogen-bond acceptors (Lipinski definition) is 4. The average molecular weight is 258 g/mol. The minimum Gasteiger partial charge on any atom is -0.478 e. The van der Waals surface area contributed by atoms with E-state index in [9.17, 15) is 4.79 Å². The number of benzene rings is 1. The van der Waals surface area contributed by atoms with Crippen LogP contribution in [-0.4, -0.2) is 22.7 Å². The average Bonchev–Trinajstić information content (AvgIpc) is 2.42. The lowest BCUT2D eigenvalue weighted by molar-refractivity contribution is 0.0698. The number of carboxylic acids is 1. The topological polar surface area (TPSA) is 71.5 Å². The molecule has 0 bridgehead atoms. The second kappa shape index (κ2) is 5.86. The molecule has 98 valence electrons. The summed E-state index contributed by atoms with van der Waals surface area (Å²) in [5, 5.41) is 12.1. The number of carbonyl (C=O) groups is 1. The summed E-state index contributed by atoms with van der Waals surface area (Å²) in [4.78, 5) is 15.2. The van der Waals surface area contributed by atoms with Crippen LogP contribution in [0.5, 0.6) is 5.88 Å². The number of carboxylic acid groups (broad SMARTS) is 1. The van der Waals surface area contributed by atoms with E-state index in [0.717, 1.165) is 0 Å². The van der Waals surface area contributed by atoms with Crippen molar-refractivity contribution in [3.8, 4) is 5.88 Å². The molecule has 0 spiro atoms. The summed E-state index contributed by atoms with van der Waals surface area (Å²) < 4.78 is 5.24. The highest BCUT2D eigenvalue weighted by molar-refractivity contribution is 5.95. The van der Waals surface area contributed by atoms with Crippen LogP contribution in [0.3, 0.4) is 0 Å². The molecular weight excluding hydrogens is 244 g/mol. The fourth-order valence-corrected chi connectivity index (χ4v) is 1.62. The zero-order chi connectivity index (χ0) is 13.7. The summed E-state index contributed by atoms with van der Waals surface area (Å²) in [6, 6.07) is 10.2. The monoisotopic (exact) mass is 258 g/mol. The Hall–Kier alpha value is -2.56. The molecular formula is C14H14N2O3. The summed E-state index contributed by atoms with van der Waals surface area (Å²) in [6.07, 6.45) is 1.60. The van der Waals surface area contributed by atoms with Gasteiger partial charge in [0.15, 0.2) is 0 Å². The van der Waals surface area contributed by atoms with Gasteiger partial charge in [-0.1, -0.05) is 12.1 Å². The highest BCUT2D eigenvalue weighted by Crippen LogP contribution is 2.21. The number of nitrogens with one attached hydrogen (secondary N) is 1. The van der Waals surface area contributed by atoms with Crippen molar-refractivity contribution in [2.45, 2.75) is 6.92 Å². The maximum atomic E-state index is 11.1. The molecule has 2 N–H and O–H groups in total. The van der Waals surface area contributed by atoms with E-state index in [0.29, 0.717) is 23.9 Å². The number of aromatic nitrogens is 1. The van der Waals surface area contributed by atoms with Gasteiger partial charge in [-0.05, 0) is 25.1 Å². The molecule has 0 saturated carbocycles. The van der Waals surface area contributed by atoms with Crippen LogP contribution in [0.2, 0.25) is 0 Å². The van der Waals surface area contributed by atoms with E-state index < -0.39 is 5.97 Å². The van der Waals surface area contributed by atoms with E-state index in [2.05, 4.69) is 10.3 Å². The fourth-order valence-electron chi connectivity index (χ4n) is 1.62. The molecule has 5 heteroatoms. The van der Waals surface area contributed by atoms with E-state index in [-0.39, 0.29) is 5.56 Å². The molecule has 0 unspecified atom stereocenters. The van der Waals surface area contributed by atoms with Crippen molar-refractivity contribution in [3.05, 3.63) is 48.2 Å². The summed E-state index contributed by atoms with van der Waals surface area (Å²) in [7, 11) is 0. The number of hydrogen-bond donors (Lipinski definition) is 2. The Bertz CT molecular complexity index is 567. The summed E-state index contributed by atoms with van der Waals surface area (Å²) in [5.41, 5.74) is 1.45. The number of aromatic carboxylic acids is 1. The van der Waals surface area contributed by atoms with Crippen molar-refractivity contribution in [1.29, 1.82) is 0 Å². The van der Waals surface area contributed by atoms with Gasteiger partial charge in [-0.25, -0.2) is 9.78 Å². The van der Waals surface area contributed by atoms with E-state index in [4.69, 9.17) is 9.84 Å². The van der Waals surface area contributed by atoms with E-state index in [1.165, 1.54) is 0 Å². The molecule has 0 aliphatic rings. The second-order valence-electron chi connectivity index (χ2n) is 3.79.